The SMILES string of the molecule is Cc1cc(S(=O)(=O)NCC(C)C)ccc1OCC(=O)NC1CCCc2ccccc21. The van der Waals surface area contributed by atoms with E-state index in [0.29, 0.717) is 17.9 Å². The van der Waals surface area contributed by atoms with Crippen molar-refractivity contribution in [3.63, 3.8) is 0 Å². The second-order valence-electron chi connectivity index (χ2n) is 8.17. The summed E-state index contributed by atoms with van der Waals surface area (Å²) in [6.07, 6.45) is 3.00. The number of carbonyl (C=O) groups excluding carboxylic acids is 1. The number of nitrogens with one attached hydrogen (secondary N) is 2. The molecule has 1 atom stereocenters. The molecule has 3 rings (SSSR count). The smallest absolute Gasteiger partial charge is 0.258 e. The van der Waals surface area contributed by atoms with Crippen molar-refractivity contribution in [2.24, 2.45) is 5.92 Å². The molecule has 30 heavy (non-hydrogen) atoms. The average molecular weight is 431 g/mol. The van der Waals surface area contributed by atoms with Gasteiger partial charge in [0.15, 0.2) is 6.61 Å². The van der Waals surface area contributed by atoms with Gasteiger partial charge in [0.25, 0.3) is 5.91 Å². The lowest BCUT2D eigenvalue weighted by Gasteiger charge is -2.26. The van der Waals surface area contributed by atoms with Crippen molar-refractivity contribution < 1.29 is 17.9 Å². The Morgan fingerprint density at radius 1 is 1.20 bits per heavy atom. The summed E-state index contributed by atoms with van der Waals surface area (Å²) in [4.78, 5) is 12.6. The van der Waals surface area contributed by atoms with Gasteiger partial charge < -0.3 is 10.1 Å². The first-order valence-electron chi connectivity index (χ1n) is 10.4. The van der Waals surface area contributed by atoms with Gasteiger partial charge in [0.2, 0.25) is 10.0 Å². The van der Waals surface area contributed by atoms with Crippen LogP contribution >= 0.6 is 0 Å². The molecule has 0 aliphatic heterocycles. The number of carbonyl (C=O) groups is 1. The minimum absolute atomic E-state index is 0.00620. The molecule has 0 heterocycles. The molecule has 162 valence electrons. The van der Waals surface area contributed by atoms with Gasteiger partial charge in [0, 0.05) is 6.54 Å². The Hall–Kier alpha value is -2.38. The quantitative estimate of drug-likeness (QED) is 0.671. The topological polar surface area (TPSA) is 84.5 Å². The molecule has 0 spiro atoms. The summed E-state index contributed by atoms with van der Waals surface area (Å²) in [5, 5.41) is 3.06. The fourth-order valence-electron chi connectivity index (χ4n) is 3.59. The maximum Gasteiger partial charge on any atom is 0.258 e. The molecule has 0 bridgehead atoms. The van der Waals surface area contributed by atoms with E-state index in [1.54, 1.807) is 19.1 Å². The summed E-state index contributed by atoms with van der Waals surface area (Å²) in [5.74, 6) is 0.529. The summed E-state index contributed by atoms with van der Waals surface area (Å²) in [5.41, 5.74) is 3.13. The van der Waals surface area contributed by atoms with E-state index < -0.39 is 10.0 Å². The number of fused-ring (bicyclic) bond motifs is 1. The maximum atomic E-state index is 12.4. The molecule has 0 fully saturated rings. The summed E-state index contributed by atoms with van der Waals surface area (Å²) in [6, 6.07) is 12.9. The average Bonchev–Trinajstić information content (AvgIpc) is 2.71. The Morgan fingerprint density at radius 3 is 2.70 bits per heavy atom. The van der Waals surface area contributed by atoms with Crippen molar-refractivity contribution >= 4 is 15.9 Å². The summed E-state index contributed by atoms with van der Waals surface area (Å²) in [7, 11) is -3.56. The van der Waals surface area contributed by atoms with Gasteiger partial charge in [-0.05, 0) is 67.0 Å². The van der Waals surface area contributed by atoms with Gasteiger partial charge in [-0.15, -0.1) is 0 Å². The Morgan fingerprint density at radius 2 is 1.97 bits per heavy atom. The van der Waals surface area contributed by atoms with E-state index in [-0.39, 0.29) is 29.4 Å². The van der Waals surface area contributed by atoms with E-state index in [4.69, 9.17) is 4.74 Å². The molecule has 6 nitrogen and oxygen atoms in total. The summed E-state index contributed by atoms with van der Waals surface area (Å²) >= 11 is 0. The normalized spacial score (nSPS) is 16.2. The van der Waals surface area contributed by atoms with Gasteiger partial charge in [-0.1, -0.05) is 38.1 Å². The zero-order valence-electron chi connectivity index (χ0n) is 17.8. The lowest BCUT2D eigenvalue weighted by atomic mass is 9.88. The standard InChI is InChI=1S/C23H30N2O4S/c1-16(2)14-24-30(27,28)19-11-12-22(17(3)13-19)29-15-23(26)25-21-10-6-8-18-7-4-5-9-20(18)21/h4-5,7,9,11-13,16,21,24H,6,8,10,14-15H2,1-3H3,(H,25,26). The van der Waals surface area contributed by atoms with Crippen LogP contribution in [0, 0.1) is 12.8 Å². The van der Waals surface area contributed by atoms with E-state index in [2.05, 4.69) is 22.2 Å². The minimum atomic E-state index is -3.56. The van der Waals surface area contributed by atoms with Crippen LogP contribution in [0.3, 0.4) is 0 Å². The third kappa shape index (κ3) is 5.61. The van der Waals surface area contributed by atoms with Crippen LogP contribution in [0.15, 0.2) is 47.4 Å². The lowest BCUT2D eigenvalue weighted by Crippen LogP contribution is -2.34. The van der Waals surface area contributed by atoms with Gasteiger partial charge >= 0.3 is 0 Å². The van der Waals surface area contributed by atoms with Crippen LogP contribution in [0.5, 0.6) is 5.75 Å². The van der Waals surface area contributed by atoms with Gasteiger partial charge in [-0.2, -0.15) is 0 Å². The molecule has 7 heteroatoms. The molecule has 2 N–H and O–H groups in total. The number of ether oxygens (including phenoxy) is 1. The fourth-order valence-corrected chi connectivity index (χ4v) is 4.89. The van der Waals surface area contributed by atoms with Gasteiger partial charge in [-0.3, -0.25) is 4.79 Å². The molecule has 1 amide bonds. The van der Waals surface area contributed by atoms with E-state index in [9.17, 15) is 13.2 Å². The van der Waals surface area contributed by atoms with Gasteiger partial charge in [0.1, 0.15) is 5.75 Å². The van der Waals surface area contributed by atoms with Crippen molar-refractivity contribution in [1.29, 1.82) is 0 Å². The third-order valence-corrected chi connectivity index (χ3v) is 6.62. The molecule has 0 radical (unpaired) electrons. The number of sulfonamides is 1. The largest absolute Gasteiger partial charge is 0.484 e. The van der Waals surface area contributed by atoms with Gasteiger partial charge in [0.05, 0.1) is 10.9 Å². The molecular weight excluding hydrogens is 400 g/mol. The first-order chi connectivity index (χ1) is 14.3. The van der Waals surface area contributed by atoms with E-state index in [1.165, 1.54) is 17.2 Å². The number of hydrogen-bond donors (Lipinski definition) is 2. The summed E-state index contributed by atoms with van der Waals surface area (Å²) in [6.45, 7) is 5.93. The molecule has 1 unspecified atom stereocenters. The van der Waals surface area contributed by atoms with Gasteiger partial charge in [-0.25, -0.2) is 13.1 Å². The van der Waals surface area contributed by atoms with Crippen LogP contribution in [0.4, 0.5) is 0 Å². The maximum absolute atomic E-state index is 12.4. The third-order valence-electron chi connectivity index (χ3n) is 5.20. The first-order valence-corrected chi connectivity index (χ1v) is 11.8. The van der Waals surface area contributed by atoms with Crippen LogP contribution in [-0.4, -0.2) is 27.5 Å². The molecule has 0 saturated carbocycles. The number of hydrogen-bond acceptors (Lipinski definition) is 4. The molecule has 2 aromatic rings. The van der Waals surface area contributed by atoms with E-state index in [1.807, 2.05) is 26.0 Å². The molecule has 0 saturated heterocycles. The molecule has 2 aromatic carbocycles. The Bertz CT molecular complexity index is 1000. The summed E-state index contributed by atoms with van der Waals surface area (Å²) < 4.78 is 33.0. The number of amides is 1. The van der Waals surface area contributed by atoms with E-state index >= 15 is 0 Å². The predicted octanol–water partition coefficient (Wildman–Crippen LogP) is 3.50. The van der Waals surface area contributed by atoms with Crippen molar-refractivity contribution in [3.8, 4) is 5.75 Å². The number of aryl methyl sites for hydroxylation is 2. The monoisotopic (exact) mass is 430 g/mol. The Kier molecular flexibility index (Phi) is 7.15. The lowest BCUT2D eigenvalue weighted by molar-refractivity contribution is -0.124. The fraction of sp³-hybridized carbons (Fsp3) is 0.435. The highest BCUT2D eigenvalue weighted by atomic mass is 32.2. The zero-order valence-corrected chi connectivity index (χ0v) is 18.6. The van der Waals surface area contributed by atoms with Crippen LogP contribution in [-0.2, 0) is 21.2 Å². The highest BCUT2D eigenvalue weighted by molar-refractivity contribution is 7.89. The second-order valence-corrected chi connectivity index (χ2v) is 9.94. The highest BCUT2D eigenvalue weighted by Crippen LogP contribution is 2.29. The Balaban J connectivity index is 1.59. The first kappa shape index (κ1) is 22.3. The number of rotatable bonds is 8. The van der Waals surface area contributed by atoms with Crippen LogP contribution in [0.1, 0.15) is 49.4 Å². The van der Waals surface area contributed by atoms with Crippen LogP contribution in [0.2, 0.25) is 0 Å². The van der Waals surface area contributed by atoms with Crippen molar-refractivity contribution in [1.82, 2.24) is 10.0 Å². The highest BCUT2D eigenvalue weighted by Gasteiger charge is 2.22. The number of benzene rings is 2. The van der Waals surface area contributed by atoms with Crippen molar-refractivity contribution in [3.05, 3.63) is 59.2 Å². The van der Waals surface area contributed by atoms with Crippen molar-refractivity contribution in [2.45, 2.75) is 51.0 Å². The minimum Gasteiger partial charge on any atom is -0.484 e. The Labute approximate surface area is 179 Å². The molecule has 1 aliphatic carbocycles. The van der Waals surface area contributed by atoms with E-state index in [0.717, 1.165) is 19.3 Å². The molecular formula is C23H30N2O4S. The molecule has 0 aromatic heterocycles. The molecule has 1 aliphatic rings. The predicted molar refractivity (Wildman–Crippen MR) is 117 cm³/mol. The van der Waals surface area contributed by atoms with Crippen LogP contribution in [0.25, 0.3) is 0 Å². The zero-order chi connectivity index (χ0) is 21.7. The second kappa shape index (κ2) is 9.62. The van der Waals surface area contributed by atoms with Crippen molar-refractivity contribution in [2.75, 3.05) is 13.2 Å². The van der Waals surface area contributed by atoms with Crippen LogP contribution < -0.4 is 14.8 Å².